The molecule has 4 rings (SSSR count). The number of nitrogens with two attached hydrogens (primary N) is 1. The molecule has 3 aromatic rings. The molecule has 5 nitrogen and oxygen atoms in total. The average Bonchev–Trinajstić information content (AvgIpc) is 2.99. The van der Waals surface area contributed by atoms with Gasteiger partial charge < -0.3 is 10.5 Å². The number of aromatic nitrogens is 2. The van der Waals surface area contributed by atoms with Crippen molar-refractivity contribution in [3.05, 3.63) is 64.2 Å². The fourth-order valence-corrected chi connectivity index (χ4v) is 3.07. The van der Waals surface area contributed by atoms with Crippen LogP contribution in [-0.2, 0) is 6.54 Å². The normalized spacial score (nSPS) is 15.0. The first-order valence-corrected chi connectivity index (χ1v) is 7.81. The molecule has 2 heterocycles. The number of ether oxygens (including phenoxy) is 1. The highest BCUT2D eigenvalue weighted by molar-refractivity contribution is 5.86. The summed E-state index contributed by atoms with van der Waals surface area (Å²) in [4.78, 5) is 17.4. The van der Waals surface area contributed by atoms with Crippen molar-refractivity contribution in [2.45, 2.75) is 13.0 Å². The fraction of sp³-hybridized carbons (Fsp3) is 0.158. The quantitative estimate of drug-likeness (QED) is 0.737. The molecule has 0 aliphatic carbocycles. The van der Waals surface area contributed by atoms with Gasteiger partial charge in [-0.25, -0.2) is 4.98 Å². The Morgan fingerprint density at radius 2 is 2.00 bits per heavy atom. The molecule has 0 unspecified atom stereocenters. The van der Waals surface area contributed by atoms with Crippen molar-refractivity contribution in [2.24, 2.45) is 0 Å². The van der Waals surface area contributed by atoms with Crippen LogP contribution < -0.4 is 16.0 Å². The van der Waals surface area contributed by atoms with Crippen molar-refractivity contribution in [3.63, 3.8) is 0 Å². The van der Waals surface area contributed by atoms with E-state index in [1.54, 1.807) is 29.9 Å². The van der Waals surface area contributed by atoms with Gasteiger partial charge in [0.15, 0.2) is 0 Å². The van der Waals surface area contributed by atoms with Crippen LogP contribution in [0.25, 0.3) is 22.6 Å². The van der Waals surface area contributed by atoms with Gasteiger partial charge in [0.2, 0.25) is 0 Å². The first-order chi connectivity index (χ1) is 11.7. The highest BCUT2D eigenvalue weighted by Gasteiger charge is 2.20. The van der Waals surface area contributed by atoms with Crippen LogP contribution in [0.4, 0.5) is 5.69 Å². The first-order valence-electron chi connectivity index (χ1n) is 7.81. The molecule has 2 N–H and O–H groups in total. The molecule has 0 radical (unpaired) electrons. The van der Waals surface area contributed by atoms with E-state index in [0.29, 0.717) is 23.1 Å². The van der Waals surface area contributed by atoms with Crippen LogP contribution in [0.1, 0.15) is 17.8 Å². The van der Waals surface area contributed by atoms with Gasteiger partial charge in [0, 0.05) is 12.2 Å². The van der Waals surface area contributed by atoms with Crippen LogP contribution in [0.5, 0.6) is 5.75 Å². The van der Waals surface area contributed by atoms with Crippen LogP contribution in [0.2, 0.25) is 0 Å². The maximum atomic E-state index is 12.7. The van der Waals surface area contributed by atoms with Crippen molar-refractivity contribution in [1.82, 2.24) is 9.55 Å². The van der Waals surface area contributed by atoms with Gasteiger partial charge in [-0.1, -0.05) is 12.1 Å². The fourth-order valence-electron chi connectivity index (χ4n) is 3.07. The maximum Gasteiger partial charge on any atom is 0.261 e. The second kappa shape index (κ2) is 5.53. The van der Waals surface area contributed by atoms with E-state index in [-0.39, 0.29) is 5.56 Å². The largest absolute Gasteiger partial charge is 0.497 e. The van der Waals surface area contributed by atoms with Gasteiger partial charge in [0.25, 0.3) is 5.56 Å². The first kappa shape index (κ1) is 14.5. The molecule has 0 atom stereocenters. The minimum Gasteiger partial charge on any atom is -0.497 e. The van der Waals surface area contributed by atoms with Gasteiger partial charge in [-0.05, 0) is 54.0 Å². The Morgan fingerprint density at radius 1 is 1.21 bits per heavy atom. The standard InChI is InChI=1S/C19H17N3O2/c1-24-15-5-2-12(3-6-15)10-13-8-9-22-18(13)21-17-7-4-14(20)11-16(17)19(22)23/h2-7,10-11H,8-9,20H2,1H3. The lowest BCUT2D eigenvalue weighted by atomic mass is 10.1. The van der Waals surface area contributed by atoms with Crippen molar-refractivity contribution in [3.8, 4) is 5.75 Å². The third-order valence-electron chi connectivity index (χ3n) is 4.33. The SMILES string of the molecule is COc1ccc(C=C2CCn3c2nc2ccc(N)cc2c3=O)cc1. The summed E-state index contributed by atoms with van der Waals surface area (Å²) in [5.41, 5.74) is 9.15. The third-order valence-corrected chi connectivity index (χ3v) is 4.33. The molecular weight excluding hydrogens is 302 g/mol. The molecule has 5 heteroatoms. The predicted molar refractivity (Wildman–Crippen MR) is 95.9 cm³/mol. The monoisotopic (exact) mass is 319 g/mol. The molecule has 2 aromatic carbocycles. The van der Waals surface area contributed by atoms with E-state index in [1.165, 1.54) is 0 Å². The van der Waals surface area contributed by atoms with E-state index in [0.717, 1.165) is 29.1 Å². The smallest absolute Gasteiger partial charge is 0.261 e. The Balaban J connectivity index is 1.83. The number of allylic oxidation sites excluding steroid dienone is 1. The van der Waals surface area contributed by atoms with E-state index >= 15 is 0 Å². The zero-order chi connectivity index (χ0) is 16.7. The summed E-state index contributed by atoms with van der Waals surface area (Å²) in [6.07, 6.45) is 2.87. The number of anilines is 1. The number of fused-ring (bicyclic) bond motifs is 2. The summed E-state index contributed by atoms with van der Waals surface area (Å²) < 4.78 is 6.91. The van der Waals surface area contributed by atoms with Crippen LogP contribution in [0, 0.1) is 0 Å². The molecule has 1 aliphatic heterocycles. The molecule has 0 saturated carbocycles. The molecule has 24 heavy (non-hydrogen) atoms. The van der Waals surface area contributed by atoms with E-state index in [2.05, 4.69) is 11.1 Å². The number of nitrogens with zero attached hydrogens (tertiary/aromatic N) is 2. The van der Waals surface area contributed by atoms with Gasteiger partial charge >= 0.3 is 0 Å². The lowest BCUT2D eigenvalue weighted by Crippen LogP contribution is -2.20. The average molecular weight is 319 g/mol. The molecule has 0 spiro atoms. The summed E-state index contributed by atoms with van der Waals surface area (Å²) in [5, 5.41) is 0.574. The number of rotatable bonds is 2. The number of hydrogen-bond donors (Lipinski definition) is 1. The Hall–Kier alpha value is -3.08. The lowest BCUT2D eigenvalue weighted by Gasteiger charge is -2.06. The van der Waals surface area contributed by atoms with Crippen LogP contribution in [0.3, 0.4) is 0 Å². The maximum absolute atomic E-state index is 12.7. The molecule has 0 bridgehead atoms. The van der Waals surface area contributed by atoms with Gasteiger partial charge in [-0.15, -0.1) is 0 Å². The van der Waals surface area contributed by atoms with Gasteiger partial charge in [0.05, 0.1) is 18.0 Å². The van der Waals surface area contributed by atoms with Crippen molar-refractivity contribution in [2.75, 3.05) is 12.8 Å². The minimum atomic E-state index is -0.0274. The third kappa shape index (κ3) is 2.34. The van der Waals surface area contributed by atoms with Gasteiger partial charge in [0.1, 0.15) is 11.6 Å². The van der Waals surface area contributed by atoms with E-state index < -0.39 is 0 Å². The van der Waals surface area contributed by atoms with Gasteiger partial charge in [-0.2, -0.15) is 0 Å². The Labute approximate surface area is 139 Å². The highest BCUT2D eigenvalue weighted by atomic mass is 16.5. The Bertz CT molecular complexity index is 1020. The predicted octanol–water partition coefficient (Wildman–Crippen LogP) is 2.93. The molecule has 1 aliphatic rings. The number of benzene rings is 2. The summed E-state index contributed by atoms with van der Waals surface area (Å²) in [5.74, 6) is 1.56. The summed E-state index contributed by atoms with van der Waals surface area (Å²) in [6, 6.07) is 13.1. The summed E-state index contributed by atoms with van der Waals surface area (Å²) >= 11 is 0. The Kier molecular flexibility index (Phi) is 3.34. The number of hydrogen-bond acceptors (Lipinski definition) is 4. The van der Waals surface area contributed by atoms with Crippen molar-refractivity contribution < 1.29 is 4.74 Å². The van der Waals surface area contributed by atoms with E-state index in [4.69, 9.17) is 10.5 Å². The zero-order valence-electron chi connectivity index (χ0n) is 13.3. The molecule has 0 amide bonds. The topological polar surface area (TPSA) is 70.1 Å². The highest BCUT2D eigenvalue weighted by Crippen LogP contribution is 2.28. The molecule has 1 aromatic heterocycles. The van der Waals surface area contributed by atoms with Crippen LogP contribution in [0.15, 0.2) is 47.3 Å². The molecule has 120 valence electrons. The van der Waals surface area contributed by atoms with Crippen molar-refractivity contribution in [1.29, 1.82) is 0 Å². The number of methoxy groups -OCH3 is 1. The Morgan fingerprint density at radius 3 is 2.75 bits per heavy atom. The second-order valence-corrected chi connectivity index (χ2v) is 5.86. The van der Waals surface area contributed by atoms with Gasteiger partial charge in [-0.3, -0.25) is 9.36 Å². The van der Waals surface area contributed by atoms with Crippen LogP contribution >= 0.6 is 0 Å². The van der Waals surface area contributed by atoms with E-state index in [9.17, 15) is 4.79 Å². The summed E-state index contributed by atoms with van der Waals surface area (Å²) in [6.45, 7) is 0.647. The zero-order valence-corrected chi connectivity index (χ0v) is 13.3. The molecule has 0 saturated heterocycles. The number of nitrogen functional groups attached to an aromatic ring is 1. The summed E-state index contributed by atoms with van der Waals surface area (Å²) in [7, 11) is 1.65. The second-order valence-electron chi connectivity index (χ2n) is 5.86. The van der Waals surface area contributed by atoms with Crippen LogP contribution in [-0.4, -0.2) is 16.7 Å². The van der Waals surface area contributed by atoms with Crippen molar-refractivity contribution >= 4 is 28.2 Å². The lowest BCUT2D eigenvalue weighted by molar-refractivity contribution is 0.415. The van der Waals surface area contributed by atoms with E-state index in [1.807, 2.05) is 24.3 Å². The minimum absolute atomic E-state index is 0.0274. The molecule has 0 fully saturated rings. The molecular formula is C19H17N3O2.